The molecule has 0 aromatic heterocycles. The van der Waals surface area contributed by atoms with E-state index in [2.05, 4.69) is 10.6 Å². The van der Waals surface area contributed by atoms with Gasteiger partial charge in [-0.25, -0.2) is 4.79 Å². The molecule has 2 amide bonds. The van der Waals surface area contributed by atoms with Crippen LogP contribution in [0.15, 0.2) is 0 Å². The quantitative estimate of drug-likeness (QED) is 0.613. The Kier molecular flexibility index (Phi) is 6.27. The van der Waals surface area contributed by atoms with E-state index in [1.54, 1.807) is 0 Å². The molecule has 0 radical (unpaired) electrons. The second-order valence-electron chi connectivity index (χ2n) is 4.97. The molecule has 0 aromatic carbocycles. The molecule has 0 aromatic rings. The van der Waals surface area contributed by atoms with Crippen LogP contribution in [0.4, 0.5) is 4.79 Å². The van der Waals surface area contributed by atoms with E-state index in [4.69, 9.17) is 5.11 Å². The fraction of sp³-hybridized carbons (Fsp3) is 0.833. The van der Waals surface area contributed by atoms with Gasteiger partial charge in [0.2, 0.25) is 0 Å². The van der Waals surface area contributed by atoms with Gasteiger partial charge in [0, 0.05) is 35.4 Å². The lowest BCUT2D eigenvalue weighted by Gasteiger charge is -2.40. The maximum atomic E-state index is 11.5. The fourth-order valence-electron chi connectivity index (χ4n) is 2.17. The van der Waals surface area contributed by atoms with Crippen molar-refractivity contribution in [3.8, 4) is 0 Å². The molecule has 1 saturated carbocycles. The Bertz CT molecular complexity index is 356. The zero-order valence-electron chi connectivity index (χ0n) is 11.2. The minimum absolute atomic E-state index is 0.104. The first-order chi connectivity index (χ1) is 8.97. The molecule has 1 atom stereocenters. The maximum Gasteiger partial charge on any atom is 0.314 e. The second kappa shape index (κ2) is 7.47. The summed E-state index contributed by atoms with van der Waals surface area (Å²) in [5.41, 5.74) is -0.268. The zero-order valence-corrected chi connectivity index (χ0v) is 12.1. The van der Waals surface area contributed by atoms with Crippen molar-refractivity contribution in [1.82, 2.24) is 10.6 Å². The van der Waals surface area contributed by atoms with Crippen LogP contribution in [0.1, 0.15) is 32.6 Å². The van der Waals surface area contributed by atoms with Crippen LogP contribution < -0.4 is 10.6 Å². The van der Waals surface area contributed by atoms with Crippen LogP contribution in [0.5, 0.6) is 0 Å². The number of hydrogen-bond acceptors (Lipinski definition) is 3. The summed E-state index contributed by atoms with van der Waals surface area (Å²) in [6.07, 6.45) is 2.82. The van der Waals surface area contributed by atoms with E-state index in [1.165, 1.54) is 0 Å². The Hall–Kier alpha value is -1.11. The van der Waals surface area contributed by atoms with Gasteiger partial charge >= 0.3 is 12.0 Å². The number of hydrogen-bond donors (Lipinski definition) is 3. The Morgan fingerprint density at radius 3 is 2.47 bits per heavy atom. The molecule has 110 valence electrons. The SMILES string of the molecule is CCS(=O)CCNC(=O)NCC1(CC(=O)O)CCC1. The van der Waals surface area contributed by atoms with Gasteiger partial charge in [-0.2, -0.15) is 0 Å². The van der Waals surface area contributed by atoms with E-state index in [-0.39, 0.29) is 17.9 Å². The van der Waals surface area contributed by atoms with Gasteiger partial charge in [-0.3, -0.25) is 9.00 Å². The molecule has 0 spiro atoms. The highest BCUT2D eigenvalue weighted by Gasteiger charge is 2.39. The minimum atomic E-state index is -0.883. The van der Waals surface area contributed by atoms with Crippen LogP contribution in [0, 0.1) is 5.41 Å². The summed E-state index contributed by atoms with van der Waals surface area (Å²) >= 11 is 0. The summed E-state index contributed by atoms with van der Waals surface area (Å²) in [5.74, 6) is 0.218. The average Bonchev–Trinajstić information content (AvgIpc) is 2.31. The summed E-state index contributed by atoms with van der Waals surface area (Å²) in [6.45, 7) is 2.60. The molecule has 1 fully saturated rings. The Morgan fingerprint density at radius 1 is 1.32 bits per heavy atom. The number of carboxylic acid groups (broad SMARTS) is 1. The molecule has 1 rings (SSSR count). The van der Waals surface area contributed by atoms with Crippen molar-refractivity contribution in [2.45, 2.75) is 32.6 Å². The van der Waals surface area contributed by atoms with Gasteiger partial charge < -0.3 is 15.7 Å². The summed E-state index contributed by atoms with van der Waals surface area (Å²) in [4.78, 5) is 22.3. The summed E-state index contributed by atoms with van der Waals surface area (Å²) < 4.78 is 11.2. The number of urea groups is 1. The summed E-state index contributed by atoms with van der Waals surface area (Å²) in [6, 6.07) is -0.315. The highest BCUT2D eigenvalue weighted by molar-refractivity contribution is 7.84. The number of carbonyl (C=O) groups excluding carboxylic acids is 1. The molecule has 1 unspecified atom stereocenters. The predicted molar refractivity (Wildman–Crippen MR) is 73.5 cm³/mol. The van der Waals surface area contributed by atoms with Gasteiger partial charge in [-0.1, -0.05) is 13.3 Å². The molecule has 19 heavy (non-hydrogen) atoms. The third kappa shape index (κ3) is 5.59. The minimum Gasteiger partial charge on any atom is -0.481 e. The lowest BCUT2D eigenvalue weighted by molar-refractivity contribution is -0.141. The molecular weight excluding hydrogens is 268 g/mol. The molecule has 0 saturated heterocycles. The molecule has 0 heterocycles. The lowest BCUT2D eigenvalue weighted by Crippen LogP contribution is -2.47. The maximum absolute atomic E-state index is 11.5. The number of amides is 2. The Labute approximate surface area is 115 Å². The number of nitrogens with one attached hydrogen (secondary N) is 2. The van der Waals surface area contributed by atoms with E-state index < -0.39 is 16.8 Å². The van der Waals surface area contributed by atoms with Crippen molar-refractivity contribution in [1.29, 1.82) is 0 Å². The first-order valence-electron chi connectivity index (χ1n) is 6.56. The Morgan fingerprint density at radius 2 is 2.00 bits per heavy atom. The third-order valence-corrected chi connectivity index (χ3v) is 4.81. The molecule has 1 aliphatic rings. The molecule has 6 nitrogen and oxygen atoms in total. The second-order valence-corrected chi connectivity index (χ2v) is 6.83. The molecule has 3 N–H and O–H groups in total. The van der Waals surface area contributed by atoms with Crippen LogP contribution in [0.2, 0.25) is 0 Å². The fourth-order valence-corrected chi connectivity index (χ4v) is 2.79. The zero-order chi connectivity index (χ0) is 14.3. The predicted octanol–water partition coefficient (Wildman–Crippen LogP) is 0.699. The van der Waals surface area contributed by atoms with Gasteiger partial charge in [0.15, 0.2) is 0 Å². The molecule has 1 aliphatic carbocycles. The smallest absolute Gasteiger partial charge is 0.314 e. The van der Waals surface area contributed by atoms with Crippen molar-refractivity contribution in [3.63, 3.8) is 0 Å². The number of carbonyl (C=O) groups is 2. The van der Waals surface area contributed by atoms with Crippen LogP contribution >= 0.6 is 0 Å². The highest BCUT2D eigenvalue weighted by Crippen LogP contribution is 2.43. The number of aliphatic carboxylic acids is 1. The standard InChI is InChI=1S/C12H22N2O4S/c1-2-19(18)7-6-13-11(17)14-9-12(4-3-5-12)8-10(15)16/h2-9H2,1H3,(H,15,16)(H2,13,14,17). The molecular formula is C12H22N2O4S. The van der Waals surface area contributed by atoms with E-state index in [1.807, 2.05) is 6.92 Å². The van der Waals surface area contributed by atoms with Gasteiger partial charge in [0.05, 0.1) is 6.42 Å². The van der Waals surface area contributed by atoms with Crippen molar-refractivity contribution in [2.24, 2.45) is 5.41 Å². The van der Waals surface area contributed by atoms with Crippen LogP contribution in [-0.4, -0.2) is 45.9 Å². The highest BCUT2D eigenvalue weighted by atomic mass is 32.2. The first-order valence-corrected chi connectivity index (χ1v) is 8.05. The van der Waals surface area contributed by atoms with Gasteiger partial charge in [-0.15, -0.1) is 0 Å². The molecule has 0 bridgehead atoms. The van der Waals surface area contributed by atoms with Gasteiger partial charge in [-0.05, 0) is 18.3 Å². The summed E-state index contributed by atoms with van der Waals surface area (Å²) in [7, 11) is -0.883. The molecule has 0 aliphatic heterocycles. The van der Waals surface area contributed by atoms with Crippen molar-refractivity contribution in [3.05, 3.63) is 0 Å². The van der Waals surface area contributed by atoms with Crippen LogP contribution in [0.25, 0.3) is 0 Å². The van der Waals surface area contributed by atoms with Crippen molar-refractivity contribution < 1.29 is 18.9 Å². The van der Waals surface area contributed by atoms with Crippen LogP contribution in [-0.2, 0) is 15.6 Å². The molecule has 7 heteroatoms. The van der Waals surface area contributed by atoms with Crippen molar-refractivity contribution >= 4 is 22.8 Å². The number of carboxylic acids is 1. The van der Waals surface area contributed by atoms with E-state index in [0.29, 0.717) is 24.6 Å². The van der Waals surface area contributed by atoms with Gasteiger partial charge in [0.1, 0.15) is 0 Å². The van der Waals surface area contributed by atoms with Gasteiger partial charge in [0.25, 0.3) is 0 Å². The van der Waals surface area contributed by atoms with E-state index in [0.717, 1.165) is 19.3 Å². The Balaban J connectivity index is 2.21. The monoisotopic (exact) mass is 290 g/mol. The number of rotatable bonds is 8. The first kappa shape index (κ1) is 15.9. The largest absolute Gasteiger partial charge is 0.481 e. The van der Waals surface area contributed by atoms with Crippen LogP contribution in [0.3, 0.4) is 0 Å². The van der Waals surface area contributed by atoms with E-state index in [9.17, 15) is 13.8 Å². The third-order valence-electron chi connectivity index (χ3n) is 3.50. The normalized spacial score (nSPS) is 18.2. The van der Waals surface area contributed by atoms with Crippen molar-refractivity contribution in [2.75, 3.05) is 24.6 Å². The lowest BCUT2D eigenvalue weighted by atomic mass is 9.66. The summed E-state index contributed by atoms with van der Waals surface area (Å²) in [5, 5.41) is 14.2. The average molecular weight is 290 g/mol. The topological polar surface area (TPSA) is 95.5 Å². The van der Waals surface area contributed by atoms with E-state index >= 15 is 0 Å².